The Hall–Kier alpha value is -2.93. The van der Waals surface area contributed by atoms with E-state index in [1.165, 1.54) is 11.8 Å². The molecule has 0 aliphatic carbocycles. The van der Waals surface area contributed by atoms with Gasteiger partial charge in [0.2, 0.25) is 0 Å². The molecule has 0 radical (unpaired) electrons. The maximum Gasteiger partial charge on any atom is 0.262 e. The summed E-state index contributed by atoms with van der Waals surface area (Å²) in [5.74, 6) is 0.706. The molecule has 0 aliphatic rings. The highest BCUT2D eigenvalue weighted by molar-refractivity contribution is 7.99. The van der Waals surface area contributed by atoms with Crippen LogP contribution >= 0.6 is 11.8 Å². The molecule has 0 atom stereocenters. The van der Waals surface area contributed by atoms with Gasteiger partial charge >= 0.3 is 0 Å². The van der Waals surface area contributed by atoms with Crippen molar-refractivity contribution in [3.8, 4) is 0 Å². The van der Waals surface area contributed by atoms with Crippen molar-refractivity contribution in [3.05, 3.63) is 69.5 Å². The Morgan fingerprint density at radius 3 is 2.32 bits per heavy atom. The number of ketones is 1. The van der Waals surface area contributed by atoms with E-state index in [4.69, 9.17) is 4.98 Å². The molecule has 1 amide bonds. The van der Waals surface area contributed by atoms with E-state index in [0.29, 0.717) is 46.2 Å². The molecule has 6 nitrogen and oxygen atoms in total. The molecule has 2 aromatic carbocycles. The van der Waals surface area contributed by atoms with Crippen LogP contribution in [0.2, 0.25) is 0 Å². The molecule has 0 spiro atoms. The standard InChI is InChI=1S/C27H33N3O3S/c1-17(2)12-13-28-25(32)21-10-11-22-23(14-21)29-27(30(26(22)33)15-18(3)4)34-16-24(31)20-8-6-19(5)7-9-20/h6-11,14,17-18H,12-13,15-16H2,1-5H3,(H,28,32). The van der Waals surface area contributed by atoms with Crippen molar-refractivity contribution in [2.45, 2.75) is 52.7 Å². The average Bonchev–Trinajstić information content (AvgIpc) is 2.79. The third kappa shape index (κ3) is 6.56. The third-order valence-electron chi connectivity index (χ3n) is 5.44. The van der Waals surface area contributed by atoms with Gasteiger partial charge in [-0.05, 0) is 43.4 Å². The van der Waals surface area contributed by atoms with Gasteiger partial charge in [0, 0.05) is 24.2 Å². The van der Waals surface area contributed by atoms with Gasteiger partial charge in [0.25, 0.3) is 11.5 Å². The van der Waals surface area contributed by atoms with E-state index in [2.05, 4.69) is 19.2 Å². The average molecular weight is 480 g/mol. The van der Waals surface area contributed by atoms with Gasteiger partial charge in [0.1, 0.15) is 0 Å². The van der Waals surface area contributed by atoms with Crippen molar-refractivity contribution in [1.29, 1.82) is 0 Å². The lowest BCUT2D eigenvalue weighted by molar-refractivity contribution is 0.0951. The Bertz CT molecular complexity index is 1230. The third-order valence-corrected chi connectivity index (χ3v) is 6.42. The normalized spacial score (nSPS) is 11.4. The maximum absolute atomic E-state index is 13.3. The first-order valence-corrected chi connectivity index (χ1v) is 12.7. The van der Waals surface area contributed by atoms with Gasteiger partial charge in [0.15, 0.2) is 10.9 Å². The molecule has 3 rings (SSSR count). The SMILES string of the molecule is Cc1ccc(C(=O)CSc2nc3cc(C(=O)NCCC(C)C)ccc3c(=O)n2CC(C)C)cc1. The van der Waals surface area contributed by atoms with Gasteiger partial charge in [-0.25, -0.2) is 4.98 Å². The number of fused-ring (bicyclic) bond motifs is 1. The zero-order chi connectivity index (χ0) is 24.8. The van der Waals surface area contributed by atoms with Crippen LogP contribution in [0, 0.1) is 18.8 Å². The second kappa shape index (κ2) is 11.5. The Morgan fingerprint density at radius 2 is 1.68 bits per heavy atom. The number of aryl methyl sites for hydroxylation is 1. The molecule has 1 heterocycles. The Morgan fingerprint density at radius 1 is 1.00 bits per heavy atom. The summed E-state index contributed by atoms with van der Waals surface area (Å²) in [6.07, 6.45) is 0.896. The van der Waals surface area contributed by atoms with E-state index in [9.17, 15) is 14.4 Å². The molecular formula is C27H33N3O3S. The van der Waals surface area contributed by atoms with Gasteiger partial charge in [0.05, 0.1) is 16.7 Å². The van der Waals surface area contributed by atoms with Crippen molar-refractivity contribution < 1.29 is 9.59 Å². The van der Waals surface area contributed by atoms with Crippen LogP contribution in [0.4, 0.5) is 0 Å². The van der Waals surface area contributed by atoms with Crippen LogP contribution in [0.5, 0.6) is 0 Å². The molecule has 180 valence electrons. The fourth-order valence-electron chi connectivity index (χ4n) is 3.51. The van der Waals surface area contributed by atoms with Gasteiger partial charge < -0.3 is 5.32 Å². The van der Waals surface area contributed by atoms with Crippen LogP contribution in [0.15, 0.2) is 52.4 Å². The summed E-state index contributed by atoms with van der Waals surface area (Å²) in [5, 5.41) is 3.88. The topological polar surface area (TPSA) is 81.1 Å². The number of carbonyl (C=O) groups excluding carboxylic acids is 2. The van der Waals surface area contributed by atoms with Gasteiger partial charge in [-0.3, -0.25) is 19.0 Å². The van der Waals surface area contributed by atoms with E-state index in [0.717, 1.165) is 12.0 Å². The largest absolute Gasteiger partial charge is 0.352 e. The second-order valence-corrected chi connectivity index (χ2v) is 10.4. The first kappa shape index (κ1) is 25.7. The van der Waals surface area contributed by atoms with Gasteiger partial charge in [-0.15, -0.1) is 0 Å². The van der Waals surface area contributed by atoms with Crippen LogP contribution in [0.1, 0.15) is 60.4 Å². The lowest BCUT2D eigenvalue weighted by atomic mass is 10.1. The first-order valence-electron chi connectivity index (χ1n) is 11.7. The highest BCUT2D eigenvalue weighted by Gasteiger charge is 2.17. The minimum atomic E-state index is -0.181. The fraction of sp³-hybridized carbons (Fsp3) is 0.407. The monoisotopic (exact) mass is 479 g/mol. The number of hydrogen-bond acceptors (Lipinski definition) is 5. The van der Waals surface area contributed by atoms with Crippen molar-refractivity contribution >= 4 is 34.4 Å². The number of benzene rings is 2. The number of thioether (sulfide) groups is 1. The summed E-state index contributed by atoms with van der Waals surface area (Å²) in [6.45, 7) is 11.4. The smallest absolute Gasteiger partial charge is 0.262 e. The zero-order valence-corrected chi connectivity index (χ0v) is 21.4. The highest BCUT2D eigenvalue weighted by atomic mass is 32.2. The fourth-order valence-corrected chi connectivity index (χ4v) is 4.41. The highest BCUT2D eigenvalue weighted by Crippen LogP contribution is 2.21. The number of rotatable bonds is 10. The number of Topliss-reactive ketones (excluding diaryl/α,β-unsaturated/α-hetero) is 1. The maximum atomic E-state index is 13.3. The number of nitrogens with zero attached hydrogens (tertiary/aromatic N) is 2. The summed E-state index contributed by atoms with van der Waals surface area (Å²) in [6, 6.07) is 12.5. The minimum Gasteiger partial charge on any atom is -0.352 e. The molecule has 0 saturated carbocycles. The molecule has 7 heteroatoms. The number of hydrogen-bond donors (Lipinski definition) is 1. The molecule has 34 heavy (non-hydrogen) atoms. The predicted molar refractivity (Wildman–Crippen MR) is 139 cm³/mol. The number of nitrogens with one attached hydrogen (secondary N) is 1. The minimum absolute atomic E-state index is 0.0197. The van der Waals surface area contributed by atoms with E-state index < -0.39 is 0 Å². The summed E-state index contributed by atoms with van der Waals surface area (Å²) >= 11 is 1.26. The van der Waals surface area contributed by atoms with Gasteiger partial charge in [-0.1, -0.05) is 69.3 Å². The summed E-state index contributed by atoms with van der Waals surface area (Å²) in [5.41, 5.74) is 2.51. The quantitative estimate of drug-likeness (QED) is 0.248. The Labute approximate surface area is 205 Å². The van der Waals surface area contributed by atoms with Crippen LogP contribution in [0.3, 0.4) is 0 Å². The van der Waals surface area contributed by atoms with Crippen LogP contribution in [-0.2, 0) is 6.54 Å². The van der Waals surface area contributed by atoms with Crippen molar-refractivity contribution in [1.82, 2.24) is 14.9 Å². The van der Waals surface area contributed by atoms with Gasteiger partial charge in [-0.2, -0.15) is 0 Å². The lowest BCUT2D eigenvalue weighted by Crippen LogP contribution is -2.27. The Balaban J connectivity index is 1.90. The van der Waals surface area contributed by atoms with E-state index in [1.807, 2.05) is 45.0 Å². The van der Waals surface area contributed by atoms with Crippen molar-refractivity contribution in [2.24, 2.45) is 11.8 Å². The van der Waals surface area contributed by atoms with Crippen molar-refractivity contribution in [2.75, 3.05) is 12.3 Å². The number of aromatic nitrogens is 2. The second-order valence-electron chi connectivity index (χ2n) is 9.45. The first-order chi connectivity index (χ1) is 16.2. The Kier molecular flexibility index (Phi) is 8.67. The molecule has 1 aromatic heterocycles. The molecule has 1 N–H and O–H groups in total. The molecule has 0 saturated heterocycles. The summed E-state index contributed by atoms with van der Waals surface area (Å²) in [7, 11) is 0. The van der Waals surface area contributed by atoms with E-state index >= 15 is 0 Å². The zero-order valence-electron chi connectivity index (χ0n) is 20.6. The summed E-state index contributed by atoms with van der Waals surface area (Å²) < 4.78 is 1.64. The molecule has 0 bridgehead atoms. The van der Waals surface area contributed by atoms with Crippen LogP contribution in [0.25, 0.3) is 10.9 Å². The molecule has 0 aliphatic heterocycles. The molecule has 3 aromatic rings. The number of carbonyl (C=O) groups is 2. The van der Waals surface area contributed by atoms with Crippen molar-refractivity contribution in [3.63, 3.8) is 0 Å². The molecule has 0 fully saturated rings. The summed E-state index contributed by atoms with van der Waals surface area (Å²) in [4.78, 5) is 43.3. The molecule has 0 unspecified atom stereocenters. The lowest BCUT2D eigenvalue weighted by Gasteiger charge is -2.15. The number of amides is 1. The predicted octanol–water partition coefficient (Wildman–Crippen LogP) is 5.11. The van der Waals surface area contributed by atoms with E-state index in [1.54, 1.807) is 22.8 Å². The van der Waals surface area contributed by atoms with E-state index in [-0.39, 0.29) is 28.9 Å². The van der Waals surface area contributed by atoms with Crippen LogP contribution in [-0.4, -0.2) is 33.5 Å². The molecular weight excluding hydrogens is 446 g/mol. The van der Waals surface area contributed by atoms with Crippen LogP contribution < -0.4 is 10.9 Å².